The summed E-state index contributed by atoms with van der Waals surface area (Å²) < 4.78 is 5.65. The summed E-state index contributed by atoms with van der Waals surface area (Å²) in [5, 5.41) is 3.39. The number of pyridine rings is 1. The van der Waals surface area contributed by atoms with E-state index < -0.39 is 0 Å². The van der Waals surface area contributed by atoms with E-state index in [0.29, 0.717) is 12.6 Å². The van der Waals surface area contributed by atoms with Crippen LogP contribution in [0.1, 0.15) is 20.3 Å². The lowest BCUT2D eigenvalue weighted by Crippen LogP contribution is -2.44. The first-order chi connectivity index (χ1) is 11.3. The van der Waals surface area contributed by atoms with Crippen LogP contribution in [0.15, 0.2) is 29.5 Å². The SMILES string of the molecule is CCN(CC)C1CCN(C(=NC)NCCOc2cccnc2)C1. The van der Waals surface area contributed by atoms with Crippen LogP contribution in [0.2, 0.25) is 0 Å². The highest BCUT2D eigenvalue weighted by Crippen LogP contribution is 2.15. The lowest BCUT2D eigenvalue weighted by atomic mass is 10.2. The summed E-state index contributed by atoms with van der Waals surface area (Å²) in [6.45, 7) is 10.1. The van der Waals surface area contributed by atoms with Gasteiger partial charge in [0, 0.05) is 32.4 Å². The van der Waals surface area contributed by atoms with Gasteiger partial charge in [-0.2, -0.15) is 0 Å². The van der Waals surface area contributed by atoms with Gasteiger partial charge in [0.15, 0.2) is 5.96 Å². The van der Waals surface area contributed by atoms with Crippen LogP contribution in [0, 0.1) is 0 Å². The fraction of sp³-hybridized carbons (Fsp3) is 0.647. The molecule has 23 heavy (non-hydrogen) atoms. The van der Waals surface area contributed by atoms with Gasteiger partial charge in [-0.1, -0.05) is 13.8 Å². The number of hydrogen-bond acceptors (Lipinski definition) is 4. The zero-order chi connectivity index (χ0) is 16.5. The molecule has 128 valence electrons. The maximum atomic E-state index is 5.65. The van der Waals surface area contributed by atoms with Crippen molar-refractivity contribution in [1.29, 1.82) is 0 Å². The predicted molar refractivity (Wildman–Crippen MR) is 94.0 cm³/mol. The summed E-state index contributed by atoms with van der Waals surface area (Å²) in [4.78, 5) is 13.3. The molecule has 0 amide bonds. The van der Waals surface area contributed by atoms with Crippen LogP contribution in [0.4, 0.5) is 0 Å². The molecule has 0 aliphatic carbocycles. The first kappa shape index (κ1) is 17.5. The molecule has 1 unspecified atom stereocenters. The van der Waals surface area contributed by atoms with Crippen LogP contribution < -0.4 is 10.1 Å². The lowest BCUT2D eigenvalue weighted by Gasteiger charge is -2.27. The third kappa shape index (κ3) is 5.10. The van der Waals surface area contributed by atoms with Crippen molar-refractivity contribution < 1.29 is 4.74 Å². The molecule has 0 spiro atoms. The van der Waals surface area contributed by atoms with Gasteiger partial charge in [-0.15, -0.1) is 0 Å². The molecule has 6 nitrogen and oxygen atoms in total. The highest BCUT2D eigenvalue weighted by atomic mass is 16.5. The number of aliphatic imine (C=N–C) groups is 1. The molecule has 2 rings (SSSR count). The van der Waals surface area contributed by atoms with Crippen LogP contribution >= 0.6 is 0 Å². The van der Waals surface area contributed by atoms with Gasteiger partial charge >= 0.3 is 0 Å². The van der Waals surface area contributed by atoms with Gasteiger partial charge in [-0.3, -0.25) is 14.9 Å². The molecular formula is C17H29N5O. The van der Waals surface area contributed by atoms with E-state index >= 15 is 0 Å². The van der Waals surface area contributed by atoms with E-state index in [9.17, 15) is 0 Å². The van der Waals surface area contributed by atoms with E-state index in [1.807, 2.05) is 19.2 Å². The second kappa shape index (κ2) is 9.35. The van der Waals surface area contributed by atoms with Gasteiger partial charge in [0.2, 0.25) is 0 Å². The van der Waals surface area contributed by atoms with Crippen LogP contribution in [-0.4, -0.2) is 73.2 Å². The summed E-state index contributed by atoms with van der Waals surface area (Å²) in [6, 6.07) is 4.42. The number of likely N-dealkylation sites (N-methyl/N-ethyl adjacent to an activating group) is 1. The summed E-state index contributed by atoms with van der Waals surface area (Å²) in [7, 11) is 1.84. The summed E-state index contributed by atoms with van der Waals surface area (Å²) in [5.74, 6) is 1.77. The Kier molecular flexibility index (Phi) is 7.13. The second-order valence-corrected chi connectivity index (χ2v) is 5.62. The van der Waals surface area contributed by atoms with E-state index in [-0.39, 0.29) is 0 Å². The third-order valence-corrected chi connectivity index (χ3v) is 4.29. The maximum absolute atomic E-state index is 5.65. The number of hydrogen-bond donors (Lipinski definition) is 1. The minimum atomic E-state index is 0.595. The Bertz CT molecular complexity index is 475. The fourth-order valence-corrected chi connectivity index (χ4v) is 3.07. The summed E-state index contributed by atoms with van der Waals surface area (Å²) >= 11 is 0. The van der Waals surface area contributed by atoms with E-state index in [2.05, 4.69) is 38.9 Å². The van der Waals surface area contributed by atoms with Crippen LogP contribution in [-0.2, 0) is 0 Å². The molecule has 1 fully saturated rings. The van der Waals surface area contributed by atoms with Crippen molar-refractivity contribution in [2.45, 2.75) is 26.3 Å². The van der Waals surface area contributed by atoms with Gasteiger partial charge in [-0.05, 0) is 31.6 Å². The molecule has 1 N–H and O–H groups in total. The summed E-state index contributed by atoms with van der Waals surface area (Å²) in [5.41, 5.74) is 0. The molecule has 0 saturated carbocycles. The zero-order valence-electron chi connectivity index (χ0n) is 14.5. The lowest BCUT2D eigenvalue weighted by molar-refractivity contribution is 0.223. The molecule has 1 aromatic rings. The third-order valence-electron chi connectivity index (χ3n) is 4.29. The Hall–Kier alpha value is -1.82. The molecule has 1 aliphatic heterocycles. The van der Waals surface area contributed by atoms with Crippen molar-refractivity contribution in [3.05, 3.63) is 24.5 Å². The molecule has 0 radical (unpaired) electrons. The van der Waals surface area contributed by atoms with Crippen LogP contribution in [0.3, 0.4) is 0 Å². The van der Waals surface area contributed by atoms with Crippen molar-refractivity contribution in [1.82, 2.24) is 20.1 Å². The largest absolute Gasteiger partial charge is 0.490 e. The summed E-state index contributed by atoms with van der Waals surface area (Å²) in [6.07, 6.45) is 4.67. The van der Waals surface area contributed by atoms with Gasteiger partial charge in [-0.25, -0.2) is 0 Å². The monoisotopic (exact) mass is 319 g/mol. The molecular weight excluding hydrogens is 290 g/mol. The van der Waals surface area contributed by atoms with Crippen LogP contribution in [0.5, 0.6) is 5.75 Å². The topological polar surface area (TPSA) is 53.0 Å². The Morgan fingerprint density at radius 3 is 2.96 bits per heavy atom. The number of nitrogens with zero attached hydrogens (tertiary/aromatic N) is 4. The Balaban J connectivity index is 1.73. The number of likely N-dealkylation sites (tertiary alicyclic amines) is 1. The number of nitrogens with one attached hydrogen (secondary N) is 1. The maximum Gasteiger partial charge on any atom is 0.193 e. The second-order valence-electron chi connectivity index (χ2n) is 5.62. The number of aromatic nitrogens is 1. The Labute approximate surface area is 139 Å². The van der Waals surface area contributed by atoms with Gasteiger partial charge in [0.1, 0.15) is 12.4 Å². The average molecular weight is 319 g/mol. The van der Waals surface area contributed by atoms with Crippen molar-refractivity contribution in [2.75, 3.05) is 46.4 Å². The number of ether oxygens (including phenoxy) is 1. The van der Waals surface area contributed by atoms with Crippen LogP contribution in [0.25, 0.3) is 0 Å². The molecule has 0 aromatic carbocycles. The standard InChI is InChI=1S/C17H29N5O/c1-4-21(5-2)15-8-11-22(14-15)17(18-3)20-10-12-23-16-7-6-9-19-13-16/h6-7,9,13,15H,4-5,8,10-12,14H2,1-3H3,(H,18,20). The molecule has 0 bridgehead atoms. The average Bonchev–Trinajstić information content (AvgIpc) is 3.07. The normalized spacial score (nSPS) is 18.5. The minimum absolute atomic E-state index is 0.595. The van der Waals surface area contributed by atoms with Crippen molar-refractivity contribution in [2.24, 2.45) is 4.99 Å². The van der Waals surface area contributed by atoms with E-state index in [1.165, 1.54) is 6.42 Å². The van der Waals surface area contributed by atoms with E-state index in [4.69, 9.17) is 4.74 Å². The molecule has 6 heteroatoms. The molecule has 1 saturated heterocycles. The minimum Gasteiger partial charge on any atom is -0.490 e. The van der Waals surface area contributed by atoms with Gasteiger partial charge in [0.05, 0.1) is 12.7 Å². The molecule has 1 atom stereocenters. The van der Waals surface area contributed by atoms with Crippen molar-refractivity contribution in [3.63, 3.8) is 0 Å². The van der Waals surface area contributed by atoms with Crippen molar-refractivity contribution in [3.8, 4) is 5.75 Å². The first-order valence-electron chi connectivity index (χ1n) is 8.51. The Morgan fingerprint density at radius 2 is 2.30 bits per heavy atom. The quantitative estimate of drug-likeness (QED) is 0.468. The van der Waals surface area contributed by atoms with E-state index in [0.717, 1.165) is 44.4 Å². The van der Waals surface area contributed by atoms with Gasteiger partial charge < -0.3 is 15.0 Å². The Morgan fingerprint density at radius 1 is 1.48 bits per heavy atom. The van der Waals surface area contributed by atoms with E-state index in [1.54, 1.807) is 12.4 Å². The smallest absolute Gasteiger partial charge is 0.193 e. The van der Waals surface area contributed by atoms with Gasteiger partial charge in [0.25, 0.3) is 0 Å². The highest BCUT2D eigenvalue weighted by Gasteiger charge is 2.27. The molecule has 1 aromatic heterocycles. The predicted octanol–water partition coefficient (Wildman–Crippen LogP) is 1.45. The molecule has 2 heterocycles. The fourth-order valence-electron chi connectivity index (χ4n) is 3.07. The number of rotatable bonds is 7. The zero-order valence-corrected chi connectivity index (χ0v) is 14.5. The number of guanidine groups is 1. The highest BCUT2D eigenvalue weighted by molar-refractivity contribution is 5.80. The molecule has 1 aliphatic rings. The van der Waals surface area contributed by atoms with Crippen molar-refractivity contribution >= 4 is 5.96 Å². The first-order valence-corrected chi connectivity index (χ1v) is 8.51.